The number of hydrogen-bond donors (Lipinski definition) is 2. The van der Waals surface area contributed by atoms with E-state index in [1.807, 2.05) is 48.5 Å². The van der Waals surface area contributed by atoms with E-state index in [0.717, 1.165) is 39.2 Å². The molecule has 0 saturated heterocycles. The summed E-state index contributed by atoms with van der Waals surface area (Å²) in [6.07, 6.45) is 1.90. The third kappa shape index (κ3) is 4.32. The molecule has 4 rings (SSSR count). The van der Waals surface area contributed by atoms with Gasteiger partial charge in [-0.2, -0.15) is 9.57 Å². The first-order chi connectivity index (χ1) is 14.9. The Labute approximate surface area is 183 Å². The van der Waals surface area contributed by atoms with Crippen LogP contribution >= 0.6 is 0 Å². The SMILES string of the molecule is CS(=O)(=O)N1CCc2c(cccc2Nc2cccc(-c3ccc(C#N)cc3)c2CN)C1. The summed E-state index contributed by atoms with van der Waals surface area (Å²) < 4.78 is 25.4. The van der Waals surface area contributed by atoms with Gasteiger partial charge in [0.15, 0.2) is 0 Å². The highest BCUT2D eigenvalue weighted by atomic mass is 32.2. The molecule has 0 saturated carbocycles. The summed E-state index contributed by atoms with van der Waals surface area (Å²) in [4.78, 5) is 0. The first kappa shape index (κ1) is 21.1. The van der Waals surface area contributed by atoms with Gasteiger partial charge in [0, 0.05) is 31.0 Å². The van der Waals surface area contributed by atoms with Gasteiger partial charge in [-0.3, -0.25) is 0 Å². The maximum atomic E-state index is 11.9. The molecular formula is C24H24N4O2S. The van der Waals surface area contributed by atoms with E-state index in [1.165, 1.54) is 10.6 Å². The Morgan fingerprint density at radius 3 is 2.45 bits per heavy atom. The van der Waals surface area contributed by atoms with Crippen molar-refractivity contribution in [3.63, 3.8) is 0 Å². The van der Waals surface area contributed by atoms with Gasteiger partial charge in [0.1, 0.15) is 0 Å². The number of rotatable bonds is 5. The molecule has 3 aromatic rings. The maximum absolute atomic E-state index is 11.9. The van der Waals surface area contributed by atoms with Gasteiger partial charge in [-0.15, -0.1) is 0 Å². The van der Waals surface area contributed by atoms with Gasteiger partial charge >= 0.3 is 0 Å². The van der Waals surface area contributed by atoms with Gasteiger partial charge in [-0.25, -0.2) is 8.42 Å². The highest BCUT2D eigenvalue weighted by molar-refractivity contribution is 7.88. The van der Waals surface area contributed by atoms with Crippen molar-refractivity contribution in [2.75, 3.05) is 18.1 Å². The van der Waals surface area contributed by atoms with Crippen LogP contribution in [0.3, 0.4) is 0 Å². The monoisotopic (exact) mass is 432 g/mol. The van der Waals surface area contributed by atoms with Crippen LogP contribution in [0.2, 0.25) is 0 Å². The van der Waals surface area contributed by atoms with Crippen molar-refractivity contribution in [2.24, 2.45) is 5.73 Å². The number of nitrogens with one attached hydrogen (secondary N) is 1. The zero-order chi connectivity index (χ0) is 22.0. The number of fused-ring (bicyclic) bond motifs is 1. The number of hydrogen-bond acceptors (Lipinski definition) is 5. The maximum Gasteiger partial charge on any atom is 0.211 e. The number of nitrogens with zero attached hydrogens (tertiary/aromatic N) is 2. The van der Waals surface area contributed by atoms with Crippen LogP contribution in [0.1, 0.15) is 22.3 Å². The van der Waals surface area contributed by atoms with Crippen LogP contribution in [0.5, 0.6) is 0 Å². The summed E-state index contributed by atoms with van der Waals surface area (Å²) in [5.41, 5.74) is 13.8. The Hall–Kier alpha value is -3.18. The van der Waals surface area contributed by atoms with Gasteiger partial charge < -0.3 is 11.1 Å². The van der Waals surface area contributed by atoms with Crippen molar-refractivity contribution < 1.29 is 8.42 Å². The zero-order valence-electron chi connectivity index (χ0n) is 17.3. The highest BCUT2D eigenvalue weighted by Crippen LogP contribution is 2.34. The minimum Gasteiger partial charge on any atom is -0.355 e. The van der Waals surface area contributed by atoms with E-state index in [9.17, 15) is 8.42 Å². The average Bonchev–Trinajstić information content (AvgIpc) is 2.78. The molecule has 0 atom stereocenters. The predicted molar refractivity (Wildman–Crippen MR) is 123 cm³/mol. The molecule has 0 amide bonds. The Bertz CT molecular complexity index is 1260. The molecule has 0 radical (unpaired) electrons. The minimum absolute atomic E-state index is 0.357. The average molecular weight is 433 g/mol. The first-order valence-electron chi connectivity index (χ1n) is 10.1. The number of anilines is 2. The molecule has 0 aromatic heterocycles. The Balaban J connectivity index is 1.69. The fourth-order valence-electron chi connectivity index (χ4n) is 4.05. The van der Waals surface area contributed by atoms with Crippen molar-refractivity contribution in [1.82, 2.24) is 4.31 Å². The molecule has 0 fully saturated rings. The molecule has 3 N–H and O–H groups in total. The van der Waals surface area contributed by atoms with Crippen LogP contribution in [0.15, 0.2) is 60.7 Å². The molecule has 1 aliphatic rings. The summed E-state index contributed by atoms with van der Waals surface area (Å²) in [7, 11) is -3.22. The Kier molecular flexibility index (Phi) is 5.79. The minimum atomic E-state index is -3.22. The fourth-order valence-corrected chi connectivity index (χ4v) is 4.84. The van der Waals surface area contributed by atoms with Crippen LogP contribution < -0.4 is 11.1 Å². The second kappa shape index (κ2) is 8.52. The largest absolute Gasteiger partial charge is 0.355 e. The molecule has 0 bridgehead atoms. The van der Waals surface area contributed by atoms with E-state index in [2.05, 4.69) is 11.4 Å². The quantitative estimate of drug-likeness (QED) is 0.640. The van der Waals surface area contributed by atoms with E-state index >= 15 is 0 Å². The third-order valence-corrected chi connectivity index (χ3v) is 6.92. The molecule has 3 aromatic carbocycles. The lowest BCUT2D eigenvalue weighted by molar-refractivity contribution is 0.395. The van der Waals surface area contributed by atoms with Crippen molar-refractivity contribution in [1.29, 1.82) is 5.26 Å². The van der Waals surface area contributed by atoms with Crippen molar-refractivity contribution >= 4 is 21.4 Å². The lowest BCUT2D eigenvalue weighted by Crippen LogP contribution is -2.35. The predicted octanol–water partition coefficient (Wildman–Crippen LogP) is 3.75. The van der Waals surface area contributed by atoms with Crippen molar-refractivity contribution in [3.8, 4) is 17.2 Å². The topological polar surface area (TPSA) is 99.2 Å². The summed E-state index contributed by atoms with van der Waals surface area (Å²) in [6, 6.07) is 21.6. The van der Waals surface area contributed by atoms with Crippen LogP contribution in [-0.4, -0.2) is 25.5 Å². The molecule has 1 aliphatic heterocycles. The van der Waals surface area contributed by atoms with E-state index in [1.54, 1.807) is 12.1 Å². The smallest absolute Gasteiger partial charge is 0.211 e. The Morgan fingerprint density at radius 2 is 1.77 bits per heavy atom. The van der Waals surface area contributed by atoms with Crippen molar-refractivity contribution in [2.45, 2.75) is 19.5 Å². The molecule has 0 aliphatic carbocycles. The molecule has 1 heterocycles. The lowest BCUT2D eigenvalue weighted by atomic mass is 9.96. The second-order valence-corrected chi connectivity index (χ2v) is 9.62. The van der Waals surface area contributed by atoms with E-state index < -0.39 is 10.0 Å². The summed E-state index contributed by atoms with van der Waals surface area (Å²) >= 11 is 0. The normalized spacial score (nSPS) is 14.0. The standard InChI is InChI=1S/C24H24N4O2S/c1-31(29,30)28-13-12-21-19(16-28)4-2-6-23(21)27-24-7-3-5-20(22(24)15-26)18-10-8-17(14-25)9-11-18/h2-11,27H,12-13,15-16,26H2,1H3. The summed E-state index contributed by atoms with van der Waals surface area (Å²) in [5, 5.41) is 12.6. The lowest BCUT2D eigenvalue weighted by Gasteiger charge is -2.28. The first-order valence-corrected chi connectivity index (χ1v) is 11.9. The van der Waals surface area contributed by atoms with Crippen LogP contribution in [0, 0.1) is 11.3 Å². The van der Waals surface area contributed by atoms with E-state index in [4.69, 9.17) is 11.0 Å². The molecular weight excluding hydrogens is 408 g/mol. The van der Waals surface area contributed by atoms with Gasteiger partial charge in [-0.1, -0.05) is 36.4 Å². The molecule has 0 spiro atoms. The van der Waals surface area contributed by atoms with Gasteiger partial charge in [-0.05, 0) is 58.5 Å². The highest BCUT2D eigenvalue weighted by Gasteiger charge is 2.24. The number of sulfonamides is 1. The van der Waals surface area contributed by atoms with E-state index in [-0.39, 0.29) is 0 Å². The zero-order valence-corrected chi connectivity index (χ0v) is 18.1. The molecule has 31 heavy (non-hydrogen) atoms. The fraction of sp³-hybridized carbons (Fsp3) is 0.208. The molecule has 158 valence electrons. The van der Waals surface area contributed by atoms with Gasteiger partial charge in [0.2, 0.25) is 10.0 Å². The number of nitrogens with two attached hydrogens (primary N) is 1. The van der Waals surface area contributed by atoms with Gasteiger partial charge in [0.05, 0.1) is 17.9 Å². The second-order valence-electron chi connectivity index (χ2n) is 7.64. The van der Waals surface area contributed by atoms with Gasteiger partial charge in [0.25, 0.3) is 0 Å². The third-order valence-electron chi connectivity index (χ3n) is 5.67. The molecule has 6 nitrogen and oxygen atoms in total. The van der Waals surface area contributed by atoms with Crippen molar-refractivity contribution in [3.05, 3.63) is 82.9 Å². The van der Waals surface area contributed by atoms with Crippen LogP contribution in [0.25, 0.3) is 11.1 Å². The summed E-state index contributed by atoms with van der Waals surface area (Å²) in [5.74, 6) is 0. The van der Waals surface area contributed by atoms with E-state index in [0.29, 0.717) is 31.6 Å². The van der Waals surface area contributed by atoms with Crippen LogP contribution in [-0.2, 0) is 29.5 Å². The van der Waals surface area contributed by atoms with Crippen LogP contribution in [0.4, 0.5) is 11.4 Å². The number of nitriles is 1. The Morgan fingerprint density at radius 1 is 1.06 bits per heavy atom. The number of benzene rings is 3. The molecule has 0 unspecified atom stereocenters. The summed E-state index contributed by atoms with van der Waals surface area (Å²) in [6.45, 7) is 1.22. The molecule has 7 heteroatoms.